The van der Waals surface area contributed by atoms with Gasteiger partial charge in [-0.3, -0.25) is 14.7 Å². The van der Waals surface area contributed by atoms with Crippen LogP contribution in [0.4, 0.5) is 4.79 Å². The summed E-state index contributed by atoms with van der Waals surface area (Å²) in [5, 5.41) is 4.30. The van der Waals surface area contributed by atoms with Crippen LogP contribution >= 0.6 is 7.60 Å². The van der Waals surface area contributed by atoms with Gasteiger partial charge >= 0.3 is 13.6 Å². The van der Waals surface area contributed by atoms with E-state index in [9.17, 15) is 14.2 Å². The van der Waals surface area contributed by atoms with Gasteiger partial charge in [0.2, 0.25) is 0 Å². The average Bonchev–Trinajstić information content (AvgIpc) is 2.78. The first kappa shape index (κ1) is 22.4. The van der Waals surface area contributed by atoms with E-state index in [4.69, 9.17) is 9.05 Å². The molecule has 0 bridgehead atoms. The third-order valence-corrected chi connectivity index (χ3v) is 8.20. The van der Waals surface area contributed by atoms with Crippen molar-refractivity contribution < 1.29 is 23.2 Å². The van der Waals surface area contributed by atoms with E-state index in [0.29, 0.717) is 26.1 Å². The van der Waals surface area contributed by atoms with E-state index in [1.54, 1.807) is 0 Å². The molecule has 7 nitrogen and oxygen atoms in total. The summed E-state index contributed by atoms with van der Waals surface area (Å²) < 4.78 is 25.8. The molecule has 2 fully saturated rings. The Morgan fingerprint density at radius 2 is 1.52 bits per heavy atom. The van der Waals surface area contributed by atoms with Gasteiger partial charge in [-0.05, 0) is 44.4 Å². The maximum absolute atomic E-state index is 14.0. The lowest BCUT2D eigenvalue weighted by Crippen LogP contribution is -2.59. The molecular weight excluding hydrogens is 367 g/mol. The second-order valence-corrected chi connectivity index (χ2v) is 11.6. The van der Waals surface area contributed by atoms with Gasteiger partial charge in [-0.2, -0.15) is 0 Å². The van der Waals surface area contributed by atoms with Crippen LogP contribution in [0.25, 0.3) is 0 Å². The average molecular weight is 402 g/mol. The minimum absolute atomic E-state index is 0.247. The first-order valence-electron chi connectivity index (χ1n) is 10.0. The number of amides is 3. The smallest absolute Gasteiger partial charge is 0.323 e. The van der Waals surface area contributed by atoms with Crippen LogP contribution in [0.15, 0.2) is 0 Å². The van der Waals surface area contributed by atoms with Gasteiger partial charge in [0, 0.05) is 0 Å². The van der Waals surface area contributed by atoms with Gasteiger partial charge in [-0.15, -0.1) is 0 Å². The first-order chi connectivity index (χ1) is 12.5. The maximum Gasteiger partial charge on any atom is 0.336 e. The zero-order chi connectivity index (χ0) is 20.3. The predicted octanol–water partition coefficient (Wildman–Crippen LogP) is 4.36. The molecule has 2 N–H and O–H groups in total. The largest absolute Gasteiger partial charge is 0.336 e. The number of hydrogen-bond donors (Lipinski definition) is 2. The van der Waals surface area contributed by atoms with E-state index >= 15 is 0 Å². The lowest BCUT2D eigenvalue weighted by atomic mass is 9.64. The molecule has 0 aromatic rings. The van der Waals surface area contributed by atoms with Crippen molar-refractivity contribution in [2.45, 2.75) is 90.3 Å². The van der Waals surface area contributed by atoms with Gasteiger partial charge in [0.15, 0.2) is 0 Å². The minimum Gasteiger partial charge on any atom is -0.323 e. The molecule has 2 rings (SSSR count). The highest BCUT2D eigenvalue weighted by atomic mass is 31.2. The molecule has 1 aliphatic carbocycles. The van der Waals surface area contributed by atoms with Crippen molar-refractivity contribution in [3.8, 4) is 0 Å². The zero-order valence-corrected chi connectivity index (χ0v) is 18.2. The third kappa shape index (κ3) is 4.75. The molecule has 1 spiro atoms. The van der Waals surface area contributed by atoms with Crippen molar-refractivity contribution in [3.05, 3.63) is 0 Å². The molecule has 0 aromatic heterocycles. The molecule has 0 radical (unpaired) electrons. The highest BCUT2D eigenvalue weighted by Gasteiger charge is 2.63. The zero-order valence-electron chi connectivity index (χ0n) is 17.4. The van der Waals surface area contributed by atoms with Gasteiger partial charge in [0.1, 0.15) is 5.54 Å². The van der Waals surface area contributed by atoms with Gasteiger partial charge in [-0.25, -0.2) is 4.79 Å². The molecule has 2 unspecified atom stereocenters. The number of hydrogen-bond acceptors (Lipinski definition) is 5. The SMILES string of the molecule is CCCCOP(=O)(OCCCC)C1(C)CC(C)(C)CC2(C1)NC(=O)NC2=O. The lowest BCUT2D eigenvalue weighted by Gasteiger charge is -2.51. The summed E-state index contributed by atoms with van der Waals surface area (Å²) in [6, 6.07) is -0.492. The second kappa shape index (κ2) is 8.22. The van der Waals surface area contributed by atoms with Crippen LogP contribution in [-0.2, 0) is 18.4 Å². The standard InChI is InChI=1S/C19H35N2O5P/c1-6-8-10-25-27(24,26-11-9-7-2)18(5)12-17(3,4)13-19(14-18)15(22)20-16(23)21-19/h6-14H2,1-5H3,(H2,20,21,22,23). The molecular formula is C19H35N2O5P. The Bertz CT molecular complexity index is 609. The van der Waals surface area contributed by atoms with Crippen molar-refractivity contribution in [2.75, 3.05) is 13.2 Å². The maximum atomic E-state index is 14.0. The number of nitrogens with one attached hydrogen (secondary N) is 2. The Hall–Kier alpha value is -0.910. The summed E-state index contributed by atoms with van der Waals surface area (Å²) in [4.78, 5) is 24.5. The van der Waals surface area contributed by atoms with Crippen LogP contribution in [0.5, 0.6) is 0 Å². The van der Waals surface area contributed by atoms with Crippen molar-refractivity contribution in [2.24, 2.45) is 5.41 Å². The number of carbonyl (C=O) groups excluding carboxylic acids is 2. The summed E-state index contributed by atoms with van der Waals surface area (Å²) >= 11 is 0. The van der Waals surface area contributed by atoms with Gasteiger partial charge in [-0.1, -0.05) is 40.5 Å². The van der Waals surface area contributed by atoms with Crippen LogP contribution < -0.4 is 10.6 Å². The molecule has 2 atom stereocenters. The molecule has 1 heterocycles. The van der Waals surface area contributed by atoms with E-state index in [-0.39, 0.29) is 17.7 Å². The van der Waals surface area contributed by atoms with E-state index < -0.39 is 24.3 Å². The van der Waals surface area contributed by atoms with Crippen LogP contribution in [-0.4, -0.2) is 35.8 Å². The number of imide groups is 1. The predicted molar refractivity (Wildman–Crippen MR) is 105 cm³/mol. The number of unbranched alkanes of at least 4 members (excludes halogenated alkanes) is 2. The Labute approximate surface area is 162 Å². The van der Waals surface area contributed by atoms with E-state index in [1.165, 1.54) is 0 Å². The first-order valence-corrected chi connectivity index (χ1v) is 11.6. The Kier molecular flexibility index (Phi) is 6.81. The van der Waals surface area contributed by atoms with E-state index in [2.05, 4.69) is 10.6 Å². The normalized spacial score (nSPS) is 30.4. The molecule has 156 valence electrons. The van der Waals surface area contributed by atoms with E-state index in [1.807, 2.05) is 34.6 Å². The van der Waals surface area contributed by atoms with Crippen LogP contribution in [0.3, 0.4) is 0 Å². The molecule has 1 saturated carbocycles. The summed E-state index contributed by atoms with van der Waals surface area (Å²) in [5.41, 5.74) is -1.37. The highest BCUT2D eigenvalue weighted by molar-refractivity contribution is 7.55. The second-order valence-electron chi connectivity index (χ2n) is 9.05. The van der Waals surface area contributed by atoms with Crippen molar-refractivity contribution >= 4 is 19.5 Å². The summed E-state index contributed by atoms with van der Waals surface area (Å²) in [7, 11) is -3.50. The molecule has 1 aliphatic heterocycles. The summed E-state index contributed by atoms with van der Waals surface area (Å²) in [6.07, 6.45) is 4.79. The fourth-order valence-corrected chi connectivity index (χ4v) is 7.19. The topological polar surface area (TPSA) is 93.7 Å². The molecule has 1 saturated heterocycles. The number of rotatable bonds is 9. The summed E-state index contributed by atoms with van der Waals surface area (Å²) in [6.45, 7) is 10.8. The fourth-order valence-electron chi connectivity index (χ4n) is 4.66. The van der Waals surface area contributed by atoms with E-state index in [0.717, 1.165) is 25.7 Å². The van der Waals surface area contributed by atoms with Crippen molar-refractivity contribution in [1.29, 1.82) is 0 Å². The Morgan fingerprint density at radius 1 is 0.963 bits per heavy atom. The van der Waals surface area contributed by atoms with Crippen LogP contribution in [0.2, 0.25) is 0 Å². The van der Waals surface area contributed by atoms with Crippen LogP contribution in [0, 0.1) is 5.41 Å². The quantitative estimate of drug-likeness (QED) is 0.339. The minimum atomic E-state index is -3.50. The van der Waals surface area contributed by atoms with Gasteiger partial charge in [0.25, 0.3) is 5.91 Å². The summed E-state index contributed by atoms with van der Waals surface area (Å²) in [5.74, 6) is -0.347. The molecule has 3 amide bonds. The molecule has 0 aromatic carbocycles. The van der Waals surface area contributed by atoms with Gasteiger partial charge in [0.05, 0.1) is 18.4 Å². The molecule has 27 heavy (non-hydrogen) atoms. The molecule has 8 heteroatoms. The number of urea groups is 1. The Balaban J connectivity index is 2.36. The van der Waals surface area contributed by atoms with Crippen LogP contribution in [0.1, 0.15) is 79.6 Å². The lowest BCUT2D eigenvalue weighted by molar-refractivity contribution is -0.127. The monoisotopic (exact) mass is 402 g/mol. The highest BCUT2D eigenvalue weighted by Crippen LogP contribution is 2.68. The Morgan fingerprint density at radius 3 is 1.96 bits per heavy atom. The van der Waals surface area contributed by atoms with Crippen molar-refractivity contribution in [3.63, 3.8) is 0 Å². The number of carbonyl (C=O) groups is 2. The fraction of sp³-hybridized carbons (Fsp3) is 0.895. The van der Waals surface area contributed by atoms with Crippen molar-refractivity contribution in [1.82, 2.24) is 10.6 Å². The molecule has 2 aliphatic rings. The third-order valence-electron chi connectivity index (χ3n) is 5.52. The van der Waals surface area contributed by atoms with Gasteiger partial charge < -0.3 is 14.4 Å².